The number of nitrogens with one attached hydrogen (secondary N) is 1. The number of allylic oxidation sites excluding steroid dienone is 2. The average Bonchev–Trinajstić information content (AvgIpc) is 2.65. The van der Waals surface area contributed by atoms with E-state index in [1.54, 1.807) is 25.1 Å². The fraction of sp³-hybridized carbons (Fsp3) is 0.105. The second-order valence-electron chi connectivity index (χ2n) is 5.75. The molecule has 0 aliphatic heterocycles. The van der Waals surface area contributed by atoms with E-state index in [1.807, 2.05) is 0 Å². The first-order valence-electron chi connectivity index (χ1n) is 7.95. The Labute approximate surface area is 156 Å². The lowest BCUT2D eigenvalue weighted by Crippen LogP contribution is -2.27. The minimum Gasteiger partial charge on any atom is -0.464 e. The third-order valence-electron chi connectivity index (χ3n) is 3.68. The summed E-state index contributed by atoms with van der Waals surface area (Å²) in [4.78, 5) is 16.5. The van der Waals surface area contributed by atoms with Gasteiger partial charge >= 0.3 is 0 Å². The van der Waals surface area contributed by atoms with E-state index < -0.39 is 28.1 Å². The first-order valence-corrected chi connectivity index (χ1v) is 9.03. The topological polar surface area (TPSA) is 85.4 Å². The van der Waals surface area contributed by atoms with E-state index >= 15 is 0 Å². The van der Waals surface area contributed by atoms with Crippen LogP contribution >= 0.6 is 0 Å². The maximum absolute atomic E-state index is 12.9. The molecule has 0 fully saturated rings. The molecular weight excluding hydrogens is 371 g/mol. The van der Waals surface area contributed by atoms with Gasteiger partial charge in [0.1, 0.15) is 16.4 Å². The van der Waals surface area contributed by atoms with Crippen molar-refractivity contribution in [3.63, 3.8) is 0 Å². The summed E-state index contributed by atoms with van der Waals surface area (Å²) in [6, 6.07) is 9.91. The lowest BCUT2D eigenvalue weighted by Gasteiger charge is -2.17. The van der Waals surface area contributed by atoms with Crippen LogP contribution in [0, 0.1) is 5.82 Å². The van der Waals surface area contributed by atoms with Crippen molar-refractivity contribution in [3.05, 3.63) is 77.8 Å². The molecule has 1 N–H and O–H groups in total. The number of pyridine rings is 1. The normalized spacial score (nSPS) is 15.9. The highest BCUT2D eigenvalue weighted by atomic mass is 32.2. The molecule has 138 valence electrons. The Kier molecular flexibility index (Phi) is 5.46. The number of hydrogen-bond acceptors (Lipinski definition) is 5. The number of benzene rings is 1. The second kappa shape index (κ2) is 7.96. The molecule has 1 atom stereocenters. The van der Waals surface area contributed by atoms with E-state index in [1.165, 1.54) is 42.5 Å². The number of carbonyl (C=O) groups excluding carboxylic acids is 1. The largest absolute Gasteiger partial charge is 0.464 e. The molecule has 3 rings (SSSR count). The number of halogens is 1. The summed E-state index contributed by atoms with van der Waals surface area (Å²) >= 11 is 0. The predicted octanol–water partition coefficient (Wildman–Crippen LogP) is 2.79. The molecule has 0 bridgehead atoms. The quantitative estimate of drug-likeness (QED) is 0.817. The lowest BCUT2D eigenvalue weighted by molar-refractivity contribution is 0.102. The number of nitrogens with zero attached hydrogens (tertiary/aromatic N) is 1. The highest BCUT2D eigenvalue weighted by molar-refractivity contribution is 7.73. The van der Waals surface area contributed by atoms with Crippen molar-refractivity contribution in [1.82, 2.24) is 4.98 Å². The third-order valence-corrected chi connectivity index (χ3v) is 4.42. The van der Waals surface area contributed by atoms with Crippen molar-refractivity contribution < 1.29 is 22.3 Å². The van der Waals surface area contributed by atoms with Crippen molar-refractivity contribution >= 4 is 26.8 Å². The summed E-state index contributed by atoms with van der Waals surface area (Å²) in [7, 11) is -2.44. The molecule has 8 heteroatoms. The van der Waals surface area contributed by atoms with Crippen LogP contribution in [0.25, 0.3) is 0 Å². The Balaban J connectivity index is 1.77. The Morgan fingerprint density at radius 3 is 2.63 bits per heavy atom. The highest BCUT2D eigenvalue weighted by Gasteiger charge is 2.19. The van der Waals surface area contributed by atoms with Crippen LogP contribution in [-0.2, 0) is 10.3 Å². The summed E-state index contributed by atoms with van der Waals surface area (Å²) in [6.07, 6.45) is 4.04. The molecule has 27 heavy (non-hydrogen) atoms. The van der Waals surface area contributed by atoms with Crippen molar-refractivity contribution in [2.75, 3.05) is 5.32 Å². The van der Waals surface area contributed by atoms with Gasteiger partial charge in [0.25, 0.3) is 5.91 Å². The fourth-order valence-corrected chi connectivity index (χ4v) is 2.99. The fourth-order valence-electron chi connectivity index (χ4n) is 2.39. The molecule has 1 amide bonds. The molecule has 6 nitrogen and oxygen atoms in total. The SMILES string of the molecule is CC1=CC(=S(=O)=O)C(Oc2cccc(C(=O)Nc3ccc(F)cc3)n2)C=C1. The van der Waals surface area contributed by atoms with Crippen molar-refractivity contribution in [2.24, 2.45) is 0 Å². The first kappa shape index (κ1) is 18.5. The molecule has 0 saturated heterocycles. The van der Waals surface area contributed by atoms with Crippen LogP contribution in [0.5, 0.6) is 5.88 Å². The Hall–Kier alpha value is -3.26. The van der Waals surface area contributed by atoms with Gasteiger partial charge in [-0.25, -0.2) is 9.37 Å². The Morgan fingerprint density at radius 2 is 1.93 bits per heavy atom. The zero-order chi connectivity index (χ0) is 19.4. The van der Waals surface area contributed by atoms with Crippen LogP contribution in [0.15, 0.2) is 66.3 Å². The minimum absolute atomic E-state index is 0.0770. The molecule has 1 aliphatic rings. The number of aromatic nitrogens is 1. The second-order valence-corrected chi connectivity index (χ2v) is 6.69. The van der Waals surface area contributed by atoms with Gasteiger partial charge in [-0.05, 0) is 55.0 Å². The summed E-state index contributed by atoms with van der Waals surface area (Å²) in [5.41, 5.74) is 1.28. The molecule has 0 saturated carbocycles. The molecule has 1 aliphatic carbocycles. The molecule has 2 aromatic rings. The van der Waals surface area contributed by atoms with Gasteiger partial charge in [-0.2, -0.15) is 8.42 Å². The number of anilines is 1. The van der Waals surface area contributed by atoms with Gasteiger partial charge < -0.3 is 10.1 Å². The van der Waals surface area contributed by atoms with Gasteiger partial charge in [0.2, 0.25) is 16.2 Å². The molecule has 1 aromatic heterocycles. The summed E-state index contributed by atoms with van der Waals surface area (Å²) in [5, 5.41) is 2.60. The number of hydrogen-bond donors (Lipinski definition) is 1. The van der Waals surface area contributed by atoms with Crippen LogP contribution in [0.3, 0.4) is 0 Å². The van der Waals surface area contributed by atoms with Crippen LogP contribution < -0.4 is 10.1 Å². The van der Waals surface area contributed by atoms with E-state index in [0.29, 0.717) is 5.69 Å². The van der Waals surface area contributed by atoms with Gasteiger partial charge in [-0.3, -0.25) is 4.79 Å². The molecule has 0 spiro atoms. The van der Waals surface area contributed by atoms with Gasteiger partial charge in [0.15, 0.2) is 6.10 Å². The molecule has 1 heterocycles. The Morgan fingerprint density at radius 1 is 1.19 bits per heavy atom. The highest BCUT2D eigenvalue weighted by Crippen LogP contribution is 2.16. The van der Waals surface area contributed by atoms with Gasteiger partial charge in [0, 0.05) is 11.8 Å². The standard InChI is InChI=1S/C19H15FN2O4S/c1-12-5-10-16(17(11-12)27(24)25)26-18-4-2-3-15(22-18)19(23)21-14-8-6-13(20)7-9-14/h2-11,16H,1H3,(H,21,23). The van der Waals surface area contributed by atoms with Gasteiger partial charge in [0.05, 0.1) is 0 Å². The molecule has 0 radical (unpaired) electrons. The summed E-state index contributed by atoms with van der Waals surface area (Å²) < 4.78 is 41.4. The number of amides is 1. The van der Waals surface area contributed by atoms with E-state index in [9.17, 15) is 17.6 Å². The van der Waals surface area contributed by atoms with Crippen LogP contribution in [-0.4, -0.2) is 30.3 Å². The van der Waals surface area contributed by atoms with Crippen LogP contribution in [0.2, 0.25) is 0 Å². The number of carbonyl (C=O) groups is 1. The van der Waals surface area contributed by atoms with Crippen LogP contribution in [0.1, 0.15) is 17.4 Å². The smallest absolute Gasteiger partial charge is 0.274 e. The number of ether oxygens (including phenoxy) is 1. The van der Waals surface area contributed by atoms with Crippen LogP contribution in [0.4, 0.5) is 10.1 Å². The van der Waals surface area contributed by atoms with Crippen molar-refractivity contribution in [1.29, 1.82) is 0 Å². The zero-order valence-corrected chi connectivity index (χ0v) is 15.0. The Bertz CT molecular complexity index is 1070. The van der Waals surface area contributed by atoms with E-state index in [2.05, 4.69) is 10.3 Å². The molecular formula is C19H15FN2O4S. The van der Waals surface area contributed by atoms with E-state index in [4.69, 9.17) is 4.74 Å². The third kappa shape index (κ3) is 4.68. The predicted molar refractivity (Wildman–Crippen MR) is 99.8 cm³/mol. The average molecular weight is 386 g/mol. The summed E-state index contributed by atoms with van der Waals surface area (Å²) in [5.74, 6) is -0.806. The first-order chi connectivity index (χ1) is 12.9. The molecule has 1 aromatic carbocycles. The van der Waals surface area contributed by atoms with Gasteiger partial charge in [-0.15, -0.1) is 0 Å². The monoisotopic (exact) mass is 386 g/mol. The minimum atomic E-state index is -2.44. The van der Waals surface area contributed by atoms with Crippen molar-refractivity contribution in [2.45, 2.75) is 13.0 Å². The maximum atomic E-state index is 12.9. The zero-order valence-electron chi connectivity index (χ0n) is 14.2. The molecule has 1 unspecified atom stereocenters. The number of rotatable bonds is 4. The maximum Gasteiger partial charge on any atom is 0.274 e. The van der Waals surface area contributed by atoms with E-state index in [-0.39, 0.29) is 16.4 Å². The lowest BCUT2D eigenvalue weighted by atomic mass is 10.1. The van der Waals surface area contributed by atoms with E-state index in [0.717, 1.165) is 5.57 Å². The van der Waals surface area contributed by atoms with Crippen molar-refractivity contribution in [3.8, 4) is 5.88 Å². The summed E-state index contributed by atoms with van der Waals surface area (Å²) in [6.45, 7) is 1.78. The van der Waals surface area contributed by atoms with Gasteiger partial charge in [-0.1, -0.05) is 12.1 Å².